The van der Waals surface area contributed by atoms with E-state index in [1.54, 1.807) is 25.6 Å². The molecule has 2 rings (SSSR count). The molecule has 0 atom stereocenters. The van der Waals surface area contributed by atoms with E-state index in [1.807, 2.05) is 19.2 Å². The van der Waals surface area contributed by atoms with Crippen molar-refractivity contribution < 1.29 is 9.72 Å². The molecule has 0 spiro atoms. The zero-order chi connectivity index (χ0) is 17.1. The molecule has 0 unspecified atom stereocenters. The Kier molecular flexibility index (Phi) is 4.77. The highest BCUT2D eigenvalue weighted by Gasteiger charge is 2.23. The fourth-order valence-corrected chi connectivity index (χ4v) is 2.35. The summed E-state index contributed by atoms with van der Waals surface area (Å²) in [6.07, 6.45) is 1.86. The van der Waals surface area contributed by atoms with Gasteiger partial charge in [-0.3, -0.25) is 24.3 Å². The highest BCUT2D eigenvalue weighted by Crippen LogP contribution is 2.21. The average molecular weight is 320 g/mol. The molecule has 0 N–H and O–H groups in total. The van der Waals surface area contributed by atoms with Crippen molar-refractivity contribution in [1.29, 1.82) is 0 Å². The molecule has 9 heteroatoms. The minimum absolute atomic E-state index is 0.0362. The molecule has 0 aliphatic rings. The predicted octanol–water partition coefficient (Wildman–Crippen LogP) is 1.28. The van der Waals surface area contributed by atoms with Crippen LogP contribution in [-0.2, 0) is 24.4 Å². The summed E-state index contributed by atoms with van der Waals surface area (Å²) in [6.45, 7) is 6.26. The maximum absolute atomic E-state index is 12.3. The number of hydrogen-bond acceptors (Lipinski definition) is 5. The standard InChI is InChI=1S/C14H20N6O3/c1-5-18-7-6-12(16-18)8-17(4)13(21)9-19-11(3)14(20(22)23)10(2)15-19/h6-7H,5,8-9H2,1-4H3. The van der Waals surface area contributed by atoms with Gasteiger partial charge in [0, 0.05) is 19.8 Å². The number of rotatable bonds is 6. The highest BCUT2D eigenvalue weighted by atomic mass is 16.6. The summed E-state index contributed by atoms with van der Waals surface area (Å²) in [6, 6.07) is 1.86. The third kappa shape index (κ3) is 3.55. The molecular formula is C14H20N6O3. The molecule has 0 fully saturated rings. The van der Waals surface area contributed by atoms with Gasteiger partial charge in [-0.2, -0.15) is 10.2 Å². The van der Waals surface area contributed by atoms with Gasteiger partial charge >= 0.3 is 5.69 Å². The van der Waals surface area contributed by atoms with E-state index in [2.05, 4.69) is 10.2 Å². The molecule has 2 aromatic rings. The summed E-state index contributed by atoms with van der Waals surface area (Å²) >= 11 is 0. The van der Waals surface area contributed by atoms with E-state index in [9.17, 15) is 14.9 Å². The number of nitrogens with zero attached hydrogens (tertiary/aromatic N) is 6. The minimum Gasteiger partial charge on any atom is -0.338 e. The Morgan fingerprint density at radius 1 is 1.39 bits per heavy atom. The number of aromatic nitrogens is 4. The van der Waals surface area contributed by atoms with E-state index >= 15 is 0 Å². The second-order valence-electron chi connectivity index (χ2n) is 5.35. The quantitative estimate of drug-likeness (QED) is 0.590. The number of likely N-dealkylation sites (N-methyl/N-ethyl adjacent to an activating group) is 1. The van der Waals surface area contributed by atoms with E-state index in [0.29, 0.717) is 17.9 Å². The van der Waals surface area contributed by atoms with E-state index in [1.165, 1.54) is 9.58 Å². The zero-order valence-electron chi connectivity index (χ0n) is 13.7. The number of carbonyl (C=O) groups is 1. The van der Waals surface area contributed by atoms with Crippen LogP contribution in [0.3, 0.4) is 0 Å². The predicted molar refractivity (Wildman–Crippen MR) is 82.7 cm³/mol. The second-order valence-corrected chi connectivity index (χ2v) is 5.35. The number of nitro groups is 1. The maximum atomic E-state index is 12.3. The molecule has 0 bridgehead atoms. The molecule has 0 saturated carbocycles. The van der Waals surface area contributed by atoms with E-state index in [0.717, 1.165) is 12.2 Å². The van der Waals surface area contributed by atoms with Gasteiger partial charge in [0.25, 0.3) is 0 Å². The van der Waals surface area contributed by atoms with E-state index in [4.69, 9.17) is 0 Å². The SMILES string of the molecule is CCn1ccc(CN(C)C(=O)Cn2nc(C)c([N+](=O)[O-])c2C)n1. The third-order valence-electron chi connectivity index (χ3n) is 3.66. The first kappa shape index (κ1) is 16.7. The van der Waals surface area contributed by atoms with Crippen LogP contribution < -0.4 is 0 Å². The van der Waals surface area contributed by atoms with E-state index in [-0.39, 0.29) is 18.1 Å². The molecule has 0 aromatic carbocycles. The Hall–Kier alpha value is -2.71. The summed E-state index contributed by atoms with van der Waals surface area (Å²) in [5.41, 5.74) is 1.44. The summed E-state index contributed by atoms with van der Waals surface area (Å²) in [4.78, 5) is 24.4. The van der Waals surface area contributed by atoms with Crippen LogP contribution in [0.25, 0.3) is 0 Å². The summed E-state index contributed by atoms with van der Waals surface area (Å²) < 4.78 is 3.16. The average Bonchev–Trinajstić information content (AvgIpc) is 3.03. The van der Waals surface area contributed by atoms with Crippen LogP contribution in [0.1, 0.15) is 24.0 Å². The molecule has 2 aromatic heterocycles. The van der Waals surface area contributed by atoms with Gasteiger partial charge < -0.3 is 4.90 Å². The van der Waals surface area contributed by atoms with Crippen molar-refractivity contribution >= 4 is 11.6 Å². The second kappa shape index (κ2) is 6.59. The van der Waals surface area contributed by atoms with Crippen LogP contribution in [0.15, 0.2) is 12.3 Å². The van der Waals surface area contributed by atoms with Gasteiger partial charge in [0.15, 0.2) is 0 Å². The third-order valence-corrected chi connectivity index (χ3v) is 3.66. The Morgan fingerprint density at radius 2 is 2.09 bits per heavy atom. The lowest BCUT2D eigenvalue weighted by Gasteiger charge is -2.16. The van der Waals surface area contributed by atoms with Crippen molar-refractivity contribution in [1.82, 2.24) is 24.5 Å². The maximum Gasteiger partial charge on any atom is 0.312 e. The summed E-state index contributed by atoms with van der Waals surface area (Å²) in [5, 5.41) is 19.4. The van der Waals surface area contributed by atoms with Crippen LogP contribution in [0.2, 0.25) is 0 Å². The van der Waals surface area contributed by atoms with Gasteiger partial charge in [0.1, 0.15) is 17.9 Å². The Morgan fingerprint density at radius 3 is 2.61 bits per heavy atom. The van der Waals surface area contributed by atoms with Crippen LogP contribution in [0, 0.1) is 24.0 Å². The molecule has 124 valence electrons. The Bertz CT molecular complexity index is 733. The van der Waals surface area contributed by atoms with Gasteiger partial charge in [0.2, 0.25) is 5.91 Å². The Balaban J connectivity index is 2.06. The van der Waals surface area contributed by atoms with Gasteiger partial charge in [-0.05, 0) is 26.8 Å². The summed E-state index contributed by atoms with van der Waals surface area (Å²) in [7, 11) is 1.67. The lowest BCUT2D eigenvalue weighted by molar-refractivity contribution is -0.386. The van der Waals surface area contributed by atoms with Crippen LogP contribution in [0.5, 0.6) is 0 Å². The molecule has 1 amide bonds. The van der Waals surface area contributed by atoms with Crippen molar-refractivity contribution in [2.75, 3.05) is 7.05 Å². The molecular weight excluding hydrogens is 300 g/mol. The zero-order valence-corrected chi connectivity index (χ0v) is 13.7. The van der Waals surface area contributed by atoms with Crippen molar-refractivity contribution in [2.24, 2.45) is 0 Å². The molecule has 2 heterocycles. The molecule has 0 saturated heterocycles. The molecule has 0 radical (unpaired) electrons. The lowest BCUT2D eigenvalue weighted by Crippen LogP contribution is -2.30. The first-order valence-electron chi connectivity index (χ1n) is 7.28. The molecule has 9 nitrogen and oxygen atoms in total. The fourth-order valence-electron chi connectivity index (χ4n) is 2.35. The Labute approximate surface area is 133 Å². The van der Waals surface area contributed by atoms with Crippen LogP contribution >= 0.6 is 0 Å². The van der Waals surface area contributed by atoms with Gasteiger partial charge in [-0.1, -0.05) is 0 Å². The number of amides is 1. The van der Waals surface area contributed by atoms with Crippen molar-refractivity contribution in [3.63, 3.8) is 0 Å². The first-order valence-corrected chi connectivity index (χ1v) is 7.28. The fraction of sp³-hybridized carbons (Fsp3) is 0.500. The van der Waals surface area contributed by atoms with Crippen molar-refractivity contribution in [3.05, 3.63) is 39.5 Å². The largest absolute Gasteiger partial charge is 0.338 e. The number of carbonyl (C=O) groups excluding carboxylic acids is 1. The number of aryl methyl sites for hydroxylation is 2. The van der Waals surface area contributed by atoms with Gasteiger partial charge in [0.05, 0.1) is 17.2 Å². The molecule has 0 aliphatic heterocycles. The van der Waals surface area contributed by atoms with Gasteiger partial charge in [-0.25, -0.2) is 0 Å². The number of hydrogen-bond donors (Lipinski definition) is 0. The summed E-state index contributed by atoms with van der Waals surface area (Å²) in [5.74, 6) is -0.184. The van der Waals surface area contributed by atoms with Gasteiger partial charge in [-0.15, -0.1) is 0 Å². The molecule has 23 heavy (non-hydrogen) atoms. The lowest BCUT2D eigenvalue weighted by atomic mass is 10.3. The highest BCUT2D eigenvalue weighted by molar-refractivity contribution is 5.75. The first-order chi connectivity index (χ1) is 10.8. The normalized spacial score (nSPS) is 10.8. The topological polar surface area (TPSA) is 99.1 Å². The van der Waals surface area contributed by atoms with Crippen molar-refractivity contribution in [2.45, 2.75) is 40.4 Å². The van der Waals surface area contributed by atoms with Crippen LogP contribution in [0.4, 0.5) is 5.69 Å². The molecule has 0 aliphatic carbocycles. The van der Waals surface area contributed by atoms with Crippen LogP contribution in [-0.4, -0.2) is 42.3 Å². The van der Waals surface area contributed by atoms with E-state index < -0.39 is 4.92 Å². The monoisotopic (exact) mass is 320 g/mol. The smallest absolute Gasteiger partial charge is 0.312 e. The van der Waals surface area contributed by atoms with Crippen molar-refractivity contribution in [3.8, 4) is 0 Å². The minimum atomic E-state index is -0.472.